The summed E-state index contributed by atoms with van der Waals surface area (Å²) in [4.78, 5) is 0. The van der Waals surface area contributed by atoms with E-state index in [9.17, 15) is 0 Å². The van der Waals surface area contributed by atoms with Crippen LogP contribution in [0, 0.1) is 6.92 Å². The molecule has 45 heavy (non-hydrogen) atoms. The Balaban J connectivity index is 1.41. The topological polar surface area (TPSA) is 9.86 Å². The molecule has 0 atom stereocenters. The van der Waals surface area contributed by atoms with E-state index in [-0.39, 0.29) is 0 Å². The van der Waals surface area contributed by atoms with E-state index in [4.69, 9.17) is 0 Å². The molecular weight excluding hydrogens is 544 g/mol. The van der Waals surface area contributed by atoms with Gasteiger partial charge < -0.3 is 9.13 Å². The predicted octanol–water partition coefficient (Wildman–Crippen LogP) is 11.6. The molecule has 6 aromatic carbocycles. The Labute approximate surface area is 262 Å². The molecule has 8 aromatic rings. The van der Waals surface area contributed by atoms with Crippen molar-refractivity contribution < 1.29 is 0 Å². The molecule has 0 amide bonds. The molecule has 0 saturated carbocycles. The first-order valence-corrected chi connectivity index (χ1v) is 15.8. The largest absolute Gasteiger partial charge is 0.309 e. The molecule has 1 aliphatic rings. The molecule has 9 rings (SSSR count). The number of para-hydroxylation sites is 2. The molecule has 0 N–H and O–H groups in total. The Morgan fingerprint density at radius 1 is 0.444 bits per heavy atom. The van der Waals surface area contributed by atoms with Gasteiger partial charge in [0.2, 0.25) is 0 Å². The lowest BCUT2D eigenvalue weighted by Crippen LogP contribution is -1.98. The van der Waals surface area contributed by atoms with Crippen molar-refractivity contribution in [2.24, 2.45) is 0 Å². The first-order valence-electron chi connectivity index (χ1n) is 15.8. The fraction of sp³-hybridized carbons (Fsp3) is 0.0698. The first-order chi connectivity index (χ1) is 22.2. The fourth-order valence-electron chi connectivity index (χ4n) is 7.26. The number of allylic oxidation sites excluding steroid dienone is 4. The van der Waals surface area contributed by atoms with Crippen LogP contribution in [-0.2, 0) is 0 Å². The average Bonchev–Trinajstić information content (AvgIpc) is 3.60. The number of rotatable bonds is 4. The molecule has 1 aliphatic carbocycles. The maximum absolute atomic E-state index is 2.49. The van der Waals surface area contributed by atoms with Gasteiger partial charge in [0.05, 0.1) is 22.1 Å². The smallest absolute Gasteiger partial charge is 0.0562 e. The zero-order chi connectivity index (χ0) is 29.9. The first kappa shape index (κ1) is 25.9. The van der Waals surface area contributed by atoms with Crippen LogP contribution in [0.4, 0.5) is 0 Å². The lowest BCUT2D eigenvalue weighted by atomic mass is 9.95. The molecular formula is C43H32N2. The van der Waals surface area contributed by atoms with Gasteiger partial charge in [-0.05, 0) is 103 Å². The second-order valence-electron chi connectivity index (χ2n) is 12.2. The van der Waals surface area contributed by atoms with Crippen LogP contribution in [0.1, 0.15) is 24.0 Å². The van der Waals surface area contributed by atoms with Gasteiger partial charge in [-0.3, -0.25) is 0 Å². The maximum atomic E-state index is 2.49. The standard InChI is InChI=1S/C43H32N2/c1-29-21-22-41-37(23-29)39-27-38-36-19-11-12-20-40(36)44(34-17-9-4-10-18-34)42(38)28-43(39)45(41)35-25-32(30-13-5-2-6-14-30)24-33(26-35)31-15-7-3-8-16-31/h2,4-7,9-28H,3,8H2,1H3. The van der Waals surface area contributed by atoms with Crippen LogP contribution in [0.5, 0.6) is 0 Å². The lowest BCUT2D eigenvalue weighted by molar-refractivity contribution is 1.04. The lowest BCUT2D eigenvalue weighted by Gasteiger charge is -2.16. The van der Waals surface area contributed by atoms with Crippen LogP contribution < -0.4 is 0 Å². The summed E-state index contributed by atoms with van der Waals surface area (Å²) < 4.78 is 4.90. The average molecular weight is 577 g/mol. The maximum Gasteiger partial charge on any atom is 0.0562 e. The van der Waals surface area contributed by atoms with Gasteiger partial charge in [0.1, 0.15) is 0 Å². The molecule has 214 valence electrons. The van der Waals surface area contributed by atoms with Crippen molar-refractivity contribution in [2.45, 2.75) is 19.8 Å². The Kier molecular flexibility index (Phi) is 5.89. The van der Waals surface area contributed by atoms with Crippen LogP contribution in [0.15, 0.2) is 152 Å². The Bertz CT molecular complexity index is 2470. The molecule has 0 bridgehead atoms. The highest BCUT2D eigenvalue weighted by atomic mass is 15.0. The van der Waals surface area contributed by atoms with Gasteiger partial charge in [-0.1, -0.05) is 96.6 Å². The summed E-state index contributed by atoms with van der Waals surface area (Å²) in [5.41, 5.74) is 13.5. The Morgan fingerprint density at radius 2 is 1.11 bits per heavy atom. The summed E-state index contributed by atoms with van der Waals surface area (Å²) in [5, 5.41) is 5.11. The van der Waals surface area contributed by atoms with E-state index in [0.29, 0.717) is 0 Å². The molecule has 2 nitrogen and oxygen atoms in total. The zero-order valence-corrected chi connectivity index (χ0v) is 25.2. The third kappa shape index (κ3) is 4.17. The van der Waals surface area contributed by atoms with Crippen molar-refractivity contribution >= 4 is 49.2 Å². The minimum absolute atomic E-state index is 1.08. The minimum atomic E-state index is 1.08. The van der Waals surface area contributed by atoms with E-state index >= 15 is 0 Å². The quantitative estimate of drug-likeness (QED) is 0.197. The van der Waals surface area contributed by atoms with E-state index < -0.39 is 0 Å². The number of aromatic nitrogens is 2. The van der Waals surface area contributed by atoms with E-state index in [1.165, 1.54) is 82.8 Å². The molecule has 0 saturated heterocycles. The van der Waals surface area contributed by atoms with Crippen LogP contribution in [-0.4, -0.2) is 9.13 Å². The summed E-state index contributed by atoms with van der Waals surface area (Å²) in [7, 11) is 0. The van der Waals surface area contributed by atoms with Crippen molar-refractivity contribution in [3.8, 4) is 22.5 Å². The normalized spacial score (nSPS) is 13.3. The van der Waals surface area contributed by atoms with Gasteiger partial charge in [-0.2, -0.15) is 0 Å². The van der Waals surface area contributed by atoms with E-state index in [1.807, 2.05) is 0 Å². The van der Waals surface area contributed by atoms with Gasteiger partial charge in [0, 0.05) is 32.9 Å². The van der Waals surface area contributed by atoms with Crippen molar-refractivity contribution in [3.63, 3.8) is 0 Å². The number of aryl methyl sites for hydroxylation is 1. The summed E-state index contributed by atoms with van der Waals surface area (Å²) in [6.45, 7) is 2.19. The number of benzene rings is 6. The summed E-state index contributed by atoms with van der Waals surface area (Å²) in [6, 6.07) is 49.1. The molecule has 2 heterocycles. The summed E-state index contributed by atoms with van der Waals surface area (Å²) >= 11 is 0. The fourth-order valence-corrected chi connectivity index (χ4v) is 7.26. The van der Waals surface area contributed by atoms with Gasteiger partial charge in [-0.15, -0.1) is 0 Å². The molecule has 0 unspecified atom stereocenters. The van der Waals surface area contributed by atoms with Crippen LogP contribution in [0.3, 0.4) is 0 Å². The van der Waals surface area contributed by atoms with E-state index in [0.717, 1.165) is 12.8 Å². The van der Waals surface area contributed by atoms with Crippen molar-refractivity contribution in [3.05, 3.63) is 163 Å². The monoisotopic (exact) mass is 576 g/mol. The van der Waals surface area contributed by atoms with Gasteiger partial charge in [-0.25, -0.2) is 0 Å². The van der Waals surface area contributed by atoms with Crippen LogP contribution in [0.2, 0.25) is 0 Å². The molecule has 0 fully saturated rings. The molecule has 0 spiro atoms. The van der Waals surface area contributed by atoms with Crippen molar-refractivity contribution in [1.29, 1.82) is 0 Å². The van der Waals surface area contributed by atoms with Crippen LogP contribution >= 0.6 is 0 Å². The second kappa shape index (κ2) is 10.2. The van der Waals surface area contributed by atoms with E-state index in [2.05, 4.69) is 168 Å². The van der Waals surface area contributed by atoms with Gasteiger partial charge >= 0.3 is 0 Å². The molecule has 2 heteroatoms. The number of hydrogen-bond acceptors (Lipinski definition) is 0. The Morgan fingerprint density at radius 3 is 1.91 bits per heavy atom. The van der Waals surface area contributed by atoms with Gasteiger partial charge in [0.25, 0.3) is 0 Å². The molecule has 2 aromatic heterocycles. The number of nitrogens with zero attached hydrogens (tertiary/aromatic N) is 2. The Hall–Kier alpha value is -5.60. The third-order valence-electron chi connectivity index (χ3n) is 9.34. The second-order valence-corrected chi connectivity index (χ2v) is 12.2. The molecule has 0 aliphatic heterocycles. The molecule has 0 radical (unpaired) electrons. The highest BCUT2D eigenvalue weighted by Gasteiger charge is 2.19. The summed E-state index contributed by atoms with van der Waals surface area (Å²) in [5.74, 6) is 0. The highest BCUT2D eigenvalue weighted by molar-refractivity contribution is 6.19. The third-order valence-corrected chi connectivity index (χ3v) is 9.34. The SMILES string of the molecule is Cc1ccc2c(c1)c1cc3c4ccccc4n(-c4ccccc4)c3cc1n2-c1cc(C2=CCCC=C2)cc(-c2ccccc2)c1. The minimum Gasteiger partial charge on any atom is -0.309 e. The zero-order valence-electron chi connectivity index (χ0n) is 25.2. The highest BCUT2D eigenvalue weighted by Crippen LogP contribution is 2.41. The summed E-state index contributed by atoms with van der Waals surface area (Å²) in [6.07, 6.45) is 9.14. The number of fused-ring (bicyclic) bond motifs is 6. The van der Waals surface area contributed by atoms with Crippen LogP contribution in [0.25, 0.3) is 71.7 Å². The van der Waals surface area contributed by atoms with Crippen molar-refractivity contribution in [1.82, 2.24) is 9.13 Å². The van der Waals surface area contributed by atoms with Crippen molar-refractivity contribution in [2.75, 3.05) is 0 Å². The van der Waals surface area contributed by atoms with E-state index in [1.54, 1.807) is 0 Å². The number of hydrogen-bond donors (Lipinski definition) is 0. The van der Waals surface area contributed by atoms with Gasteiger partial charge in [0.15, 0.2) is 0 Å². The predicted molar refractivity (Wildman–Crippen MR) is 192 cm³/mol.